The molecule has 26 aromatic rings. The van der Waals surface area contributed by atoms with Crippen LogP contribution in [-0.2, 0) is 18.5 Å². The second kappa shape index (κ2) is 31.1. The van der Waals surface area contributed by atoms with Crippen molar-refractivity contribution in [2.45, 2.75) is 44.7 Å². The Kier molecular flexibility index (Phi) is 17.7. The third-order valence-corrected chi connectivity index (χ3v) is 29.1. The first-order valence-electron chi connectivity index (χ1n) is 47.3. The third kappa shape index (κ3) is 12.6. The summed E-state index contributed by atoms with van der Waals surface area (Å²) in [6.45, 7) is 2.99. The highest BCUT2D eigenvalue weighted by Gasteiger charge is 2.37. The Morgan fingerprint density at radius 3 is 1.49 bits per heavy atom. The minimum absolute atomic E-state index is 0.518. The number of aromatic nitrogens is 7. The van der Waals surface area contributed by atoms with Gasteiger partial charge in [-0.3, -0.25) is 0 Å². The predicted octanol–water partition coefficient (Wildman–Crippen LogP) is 33.0. The van der Waals surface area contributed by atoms with E-state index in [1.54, 1.807) is 0 Å². The molecule has 0 amide bonds. The highest BCUT2D eigenvalue weighted by Crippen LogP contribution is 2.52. The largest absolute Gasteiger partial charge is 0.619 e. The molecule has 11 nitrogen and oxygen atoms in total. The van der Waals surface area contributed by atoms with Gasteiger partial charge < -0.3 is 37.5 Å². The molecule has 1 aliphatic heterocycles. The average Bonchev–Trinajstić information content (AvgIpc) is 1.65. The Morgan fingerprint density at radius 2 is 0.796 bits per heavy atom. The predicted molar refractivity (Wildman–Crippen MR) is 566 cm³/mol. The smallest absolute Gasteiger partial charge is 0.166 e. The van der Waals surface area contributed by atoms with Crippen LogP contribution in [0, 0.1) is 0 Å². The van der Waals surface area contributed by atoms with E-state index < -0.39 is 5.54 Å². The number of rotatable bonds is 14. The summed E-state index contributed by atoms with van der Waals surface area (Å²) in [5.74, 6) is 1.59. The van der Waals surface area contributed by atoms with Crippen LogP contribution in [0.15, 0.2) is 433 Å². The summed E-state index contributed by atoms with van der Waals surface area (Å²) in [6, 6.07) is 150. The fraction of sp³-hybridized carbons (Fsp3) is 0.0556. The topological polar surface area (TPSA) is 102 Å². The van der Waals surface area contributed by atoms with E-state index in [9.17, 15) is 0 Å². The van der Waals surface area contributed by atoms with Crippen molar-refractivity contribution in [3.63, 3.8) is 0 Å². The summed E-state index contributed by atoms with van der Waals surface area (Å²) in [6.07, 6.45) is 10.7. The fourth-order valence-electron chi connectivity index (χ4n) is 22.6. The zero-order chi connectivity index (χ0) is 90.1. The van der Waals surface area contributed by atoms with Gasteiger partial charge in [-0.15, -0.1) is 5.70 Å². The maximum absolute atomic E-state index is 7.13. The second-order valence-corrected chi connectivity index (χ2v) is 36.9. The van der Waals surface area contributed by atoms with E-state index in [4.69, 9.17) is 29.2 Å². The molecule has 8 heterocycles. The van der Waals surface area contributed by atoms with Crippen molar-refractivity contribution in [3.05, 3.63) is 458 Å². The molecule has 11 heteroatoms. The first kappa shape index (κ1) is 78.2. The fourth-order valence-corrected chi connectivity index (χ4v) is 22.6. The molecule has 137 heavy (non-hydrogen) atoms. The van der Waals surface area contributed by atoms with E-state index in [0.717, 1.165) is 219 Å². The van der Waals surface area contributed by atoms with Crippen LogP contribution in [0.4, 0.5) is 0 Å². The number of hydrogen-bond donors (Lipinski definition) is 0. The molecule has 0 bridgehead atoms. The van der Waals surface area contributed by atoms with Crippen LogP contribution in [0.5, 0.6) is 0 Å². The summed E-state index contributed by atoms with van der Waals surface area (Å²) in [4.78, 5) is 17.1. The molecule has 1 atom stereocenters. The van der Waals surface area contributed by atoms with Gasteiger partial charge in [0.25, 0.3) is 0 Å². The van der Waals surface area contributed by atoms with E-state index in [2.05, 4.69) is 455 Å². The van der Waals surface area contributed by atoms with Gasteiger partial charge in [-0.25, -0.2) is 15.0 Å². The highest BCUT2D eigenvalue weighted by molar-refractivity contribution is 6.20. The number of nitrogens with zero attached hydrogens (tertiary/aromatic N) is 9. The minimum Gasteiger partial charge on any atom is -0.619 e. The standard InChI is InChI=1S/C126H84N9O2/c1-126(107-50-28-48-97-94-42-16-23-54-111(94)135(122(97)107)91-40-12-5-13-41-91)65-29-51-108(130-131(126)77-78-30-26-37-83(66-78)80-33-8-3-9-34-80)105-73-92(75-117-119(105)99-45-19-24-55-115(99)136-117)132-110-53-22-18-44-96(110)103-70-89-67-86(61-62-88(89)72-114(103)132)87-63-64-112-104(69-87)98-47-27-49-101(121(98)134(112)90-38-10-4-11-39-90)124-127-123(82-59-57-81(58-60-82)79-31-6-2-7-32-79)128-125(129-124)106-74-93(76-118-120(106)100-46-20-25-56-116(100)137-118)133-109-52-21-17-43-95(109)102-68-84-35-14-15-36-85(84)71-113(102)133/h2-15,17-28,30-41,43-64,66-76H,16,29,42,65,77H2,1H3/q-1. The third-order valence-electron chi connectivity index (χ3n) is 29.1. The molecule has 0 N–H and O–H groups in total. The number of hydrogen-bond acceptors (Lipinski definition) is 6. The number of fused-ring (bicyclic) bond motifs is 20. The second-order valence-electron chi connectivity index (χ2n) is 36.9. The van der Waals surface area contributed by atoms with Crippen LogP contribution in [0.2, 0.25) is 0 Å². The molecule has 28 rings (SSSR count). The minimum atomic E-state index is -0.607. The molecule has 7 aromatic heterocycles. The van der Waals surface area contributed by atoms with E-state index in [1.165, 1.54) is 55.2 Å². The molecule has 0 saturated carbocycles. The Bertz CT molecular complexity index is 9570. The van der Waals surface area contributed by atoms with Crippen molar-refractivity contribution in [2.75, 3.05) is 0 Å². The van der Waals surface area contributed by atoms with Crippen LogP contribution in [-0.4, -0.2) is 38.2 Å². The molecular formula is C126H84N9O2-. The number of allylic oxidation sites excluding steroid dienone is 2. The summed E-state index contributed by atoms with van der Waals surface area (Å²) in [5.41, 5.74) is 36.7. The molecule has 1 aliphatic carbocycles. The quantitative estimate of drug-likeness (QED) is 0.107. The van der Waals surface area contributed by atoms with Gasteiger partial charge in [0.05, 0.1) is 50.0 Å². The van der Waals surface area contributed by atoms with E-state index in [0.29, 0.717) is 24.0 Å². The average molecular weight is 1760 g/mol. The maximum Gasteiger partial charge on any atom is 0.166 e. The highest BCUT2D eigenvalue weighted by atomic mass is 16.3. The molecule has 646 valence electrons. The van der Waals surface area contributed by atoms with Crippen molar-refractivity contribution in [1.29, 1.82) is 0 Å². The molecule has 2 aliphatic rings. The number of para-hydroxylation sites is 8. The number of benzene rings is 19. The molecule has 0 radical (unpaired) electrons. The van der Waals surface area contributed by atoms with Gasteiger partial charge in [-0.1, -0.05) is 297 Å². The van der Waals surface area contributed by atoms with Gasteiger partial charge in [0.1, 0.15) is 22.3 Å². The lowest BCUT2D eigenvalue weighted by molar-refractivity contribution is 0.139. The molecular weight excluding hydrogens is 1670 g/mol. The van der Waals surface area contributed by atoms with Gasteiger partial charge in [0.15, 0.2) is 17.5 Å². The normalized spacial score (nSPS) is 14.3. The van der Waals surface area contributed by atoms with Gasteiger partial charge in [0, 0.05) is 117 Å². The van der Waals surface area contributed by atoms with Crippen LogP contribution >= 0.6 is 0 Å². The van der Waals surface area contributed by atoms with Gasteiger partial charge >= 0.3 is 0 Å². The van der Waals surface area contributed by atoms with Crippen LogP contribution in [0.1, 0.15) is 54.1 Å². The van der Waals surface area contributed by atoms with Crippen LogP contribution < -0.4 is 0 Å². The van der Waals surface area contributed by atoms with Gasteiger partial charge in [-0.05, 0) is 231 Å². The van der Waals surface area contributed by atoms with E-state index >= 15 is 0 Å². The Labute approximate surface area is 788 Å². The first-order chi connectivity index (χ1) is 67.7. The van der Waals surface area contributed by atoms with Crippen LogP contribution in [0.3, 0.4) is 0 Å². The van der Waals surface area contributed by atoms with Crippen molar-refractivity contribution in [3.8, 4) is 90.3 Å². The Hall–Kier alpha value is -17.5. The summed E-state index contributed by atoms with van der Waals surface area (Å²) >= 11 is 0. The van der Waals surface area contributed by atoms with Gasteiger partial charge in [0.2, 0.25) is 0 Å². The summed E-state index contributed by atoms with van der Waals surface area (Å²) in [7, 11) is 0. The van der Waals surface area contributed by atoms with E-state index in [1.807, 2.05) is 6.07 Å². The first-order valence-corrected chi connectivity index (χ1v) is 47.3. The lowest BCUT2D eigenvalue weighted by Crippen LogP contribution is -2.40. The number of aryl methyl sites for hydroxylation is 1. The number of furan rings is 2. The Balaban J connectivity index is 0.587. The SMILES string of the molecule is CC1(c2cccc3c4c(n(-c5ccccc5)c23)C=CCC4)CCC=C(c2cc(-n3c4ccccc4c4cc5cc(-c6ccc7c(c6)c6cccc(-c8nc(-c9ccc(-c%10ccccc%10)cc9)nc(-c9cc(-n%10c%11ccccc%11c%11cc%12ccccc%12cc%11%10)cc%10oc%11ccccc%11c9%10)n8)c6n7-c6ccccc6)ccc5cc43)cc3oc4ccccc4c23)[N-]N1Cc1cccc(-c2ccccc2)c1. The summed E-state index contributed by atoms with van der Waals surface area (Å²) in [5, 5.41) is 19.1. The van der Waals surface area contributed by atoms with E-state index in [-0.39, 0.29) is 0 Å². The lowest BCUT2D eigenvalue weighted by Gasteiger charge is -2.52. The zero-order valence-electron chi connectivity index (χ0n) is 74.9. The molecule has 0 fully saturated rings. The molecule has 1 unspecified atom stereocenters. The van der Waals surface area contributed by atoms with Crippen LogP contribution in [0.25, 0.3) is 249 Å². The Morgan fingerprint density at radius 1 is 0.307 bits per heavy atom. The monoisotopic (exact) mass is 1750 g/mol. The van der Waals surface area contributed by atoms with Crippen molar-refractivity contribution in [1.82, 2.24) is 38.2 Å². The molecule has 19 aromatic carbocycles. The lowest BCUT2D eigenvalue weighted by atomic mass is 9.84. The van der Waals surface area contributed by atoms with Crippen molar-refractivity contribution < 1.29 is 8.83 Å². The van der Waals surface area contributed by atoms with Gasteiger partial charge in [-0.2, -0.15) is 0 Å². The molecule has 0 spiro atoms. The molecule has 0 saturated heterocycles. The zero-order valence-corrected chi connectivity index (χ0v) is 74.9. The van der Waals surface area contributed by atoms with Crippen molar-refractivity contribution in [2.24, 2.45) is 0 Å². The van der Waals surface area contributed by atoms with Crippen molar-refractivity contribution >= 4 is 154 Å². The summed E-state index contributed by atoms with van der Waals surface area (Å²) < 4.78 is 23.9. The maximum atomic E-state index is 7.13.